The van der Waals surface area contributed by atoms with Crippen molar-refractivity contribution in [2.24, 2.45) is 0 Å². The highest BCUT2D eigenvalue weighted by Gasteiger charge is 2.16. The number of aryl methyl sites for hydroxylation is 1. The van der Waals surface area contributed by atoms with Crippen molar-refractivity contribution in [1.29, 1.82) is 0 Å². The van der Waals surface area contributed by atoms with Crippen LogP contribution in [0.3, 0.4) is 0 Å². The quantitative estimate of drug-likeness (QED) is 0.238. The first kappa shape index (κ1) is 27.4. The van der Waals surface area contributed by atoms with Crippen LogP contribution in [-0.2, 0) is 22.5 Å². The maximum atomic E-state index is 14.0. The maximum absolute atomic E-state index is 14.0. The minimum absolute atomic E-state index is 0.239. The van der Waals surface area contributed by atoms with E-state index in [9.17, 15) is 9.18 Å². The smallest absolute Gasteiger partial charge is 0.337 e. The van der Waals surface area contributed by atoms with Crippen molar-refractivity contribution in [2.45, 2.75) is 72.5 Å². The van der Waals surface area contributed by atoms with Crippen LogP contribution in [0.15, 0.2) is 83.1 Å². The molecule has 0 amide bonds. The summed E-state index contributed by atoms with van der Waals surface area (Å²) in [5.41, 5.74) is 6.36. The molecule has 1 aromatic carbocycles. The summed E-state index contributed by atoms with van der Waals surface area (Å²) in [4.78, 5) is 14.1. The number of hydrogen-bond donors (Lipinski definition) is 0. The number of unbranched alkanes of at least 4 members (excludes halogenated alkanes) is 1. The summed E-state index contributed by atoms with van der Waals surface area (Å²) in [5, 5.41) is 0. The highest BCUT2D eigenvalue weighted by molar-refractivity contribution is 5.92. The van der Waals surface area contributed by atoms with Gasteiger partial charge in [-0.2, -0.15) is 0 Å². The van der Waals surface area contributed by atoms with E-state index in [0.717, 1.165) is 25.1 Å². The summed E-state index contributed by atoms with van der Waals surface area (Å²) in [6.07, 6.45) is 15.1. The van der Waals surface area contributed by atoms with Crippen molar-refractivity contribution in [3.8, 4) is 0 Å². The van der Waals surface area contributed by atoms with E-state index in [2.05, 4.69) is 69.0 Å². The van der Waals surface area contributed by atoms with Crippen LogP contribution >= 0.6 is 0 Å². The third-order valence-electron chi connectivity index (χ3n) is 6.04. The predicted octanol–water partition coefficient (Wildman–Crippen LogP) is 7.42. The third kappa shape index (κ3) is 9.17. The molecule has 1 atom stereocenters. The van der Waals surface area contributed by atoms with Crippen LogP contribution in [0, 0.1) is 0 Å². The Balaban J connectivity index is 2.00. The Labute approximate surface area is 205 Å². The van der Waals surface area contributed by atoms with E-state index in [1.807, 2.05) is 0 Å². The SMILES string of the molecule is CCCC/C(C)=C/C=C(\C)CCc1ccc(CN(CC)C2=CC(C(=O)OC)=CC(F)C=C2)cc1. The molecule has 34 heavy (non-hydrogen) atoms. The average Bonchev–Trinajstić information content (AvgIpc) is 3.05. The Kier molecular flexibility index (Phi) is 11.6. The number of ether oxygens (including phenoxy) is 1. The van der Waals surface area contributed by atoms with Crippen molar-refractivity contribution in [1.82, 2.24) is 4.90 Å². The molecule has 1 aliphatic rings. The molecular formula is C30H40FNO2. The molecule has 0 saturated carbocycles. The largest absolute Gasteiger partial charge is 0.465 e. The van der Waals surface area contributed by atoms with Crippen molar-refractivity contribution >= 4 is 5.97 Å². The molecule has 1 unspecified atom stereocenters. The number of esters is 1. The molecule has 0 spiro atoms. The van der Waals surface area contributed by atoms with E-state index in [1.165, 1.54) is 60.8 Å². The Morgan fingerprint density at radius 2 is 1.71 bits per heavy atom. The van der Waals surface area contributed by atoms with Gasteiger partial charge in [-0.05, 0) is 81.9 Å². The summed E-state index contributed by atoms with van der Waals surface area (Å²) in [6, 6.07) is 8.69. The standard InChI is InChI=1S/C30H40FNO2/c1-6-8-9-23(3)10-11-24(4)12-13-25-14-16-26(17-15-25)22-32(7-2)29-19-18-28(31)20-27(21-29)30(33)34-5/h10-11,14-21,28H,6-9,12-13,22H2,1-5H3/b23-10+,24-11+. The van der Waals surface area contributed by atoms with E-state index < -0.39 is 12.1 Å². The number of carbonyl (C=O) groups excluding carboxylic acids is 1. The fourth-order valence-electron chi connectivity index (χ4n) is 3.78. The number of methoxy groups -OCH3 is 1. The van der Waals surface area contributed by atoms with Crippen molar-refractivity contribution in [2.75, 3.05) is 13.7 Å². The van der Waals surface area contributed by atoms with Crippen LogP contribution in [-0.4, -0.2) is 30.7 Å². The van der Waals surface area contributed by atoms with Gasteiger partial charge in [0.25, 0.3) is 0 Å². The number of halogens is 1. The van der Waals surface area contributed by atoms with Crippen molar-refractivity contribution in [3.05, 3.63) is 94.3 Å². The van der Waals surface area contributed by atoms with Gasteiger partial charge < -0.3 is 9.64 Å². The second-order valence-electron chi connectivity index (χ2n) is 8.95. The lowest BCUT2D eigenvalue weighted by molar-refractivity contribution is -0.135. The van der Waals surface area contributed by atoms with Crippen LogP contribution in [0.5, 0.6) is 0 Å². The van der Waals surface area contributed by atoms with E-state index in [4.69, 9.17) is 4.74 Å². The molecule has 0 fully saturated rings. The molecule has 0 heterocycles. The molecule has 4 heteroatoms. The second-order valence-corrected chi connectivity index (χ2v) is 8.95. The van der Waals surface area contributed by atoms with E-state index in [-0.39, 0.29) is 5.57 Å². The van der Waals surface area contributed by atoms with Gasteiger partial charge in [0.15, 0.2) is 0 Å². The molecule has 0 N–H and O–H groups in total. The molecule has 0 aliphatic heterocycles. The highest BCUT2D eigenvalue weighted by Crippen LogP contribution is 2.20. The molecule has 1 aliphatic carbocycles. The molecule has 3 nitrogen and oxygen atoms in total. The van der Waals surface area contributed by atoms with Gasteiger partial charge >= 0.3 is 5.97 Å². The number of nitrogens with zero attached hydrogens (tertiary/aromatic N) is 1. The Morgan fingerprint density at radius 1 is 1.06 bits per heavy atom. The van der Waals surface area contributed by atoms with Gasteiger partial charge in [0.05, 0.1) is 12.7 Å². The highest BCUT2D eigenvalue weighted by atomic mass is 19.1. The first-order valence-corrected chi connectivity index (χ1v) is 12.4. The minimum Gasteiger partial charge on any atom is -0.465 e. The van der Waals surface area contributed by atoms with Gasteiger partial charge in [-0.1, -0.05) is 60.9 Å². The monoisotopic (exact) mass is 465 g/mol. The number of hydrogen-bond acceptors (Lipinski definition) is 3. The molecular weight excluding hydrogens is 425 g/mol. The van der Waals surface area contributed by atoms with Gasteiger partial charge in [0.1, 0.15) is 6.17 Å². The maximum Gasteiger partial charge on any atom is 0.337 e. The zero-order chi connectivity index (χ0) is 24.9. The molecule has 0 saturated heterocycles. The fraction of sp³-hybridized carbons (Fsp3) is 0.433. The van der Waals surface area contributed by atoms with Gasteiger partial charge in [0.2, 0.25) is 0 Å². The van der Waals surface area contributed by atoms with Gasteiger partial charge in [0, 0.05) is 18.8 Å². The molecule has 2 rings (SSSR count). The van der Waals surface area contributed by atoms with Crippen LogP contribution in [0.25, 0.3) is 0 Å². The van der Waals surface area contributed by atoms with E-state index >= 15 is 0 Å². The second kappa shape index (κ2) is 14.4. The van der Waals surface area contributed by atoms with Crippen LogP contribution in [0.1, 0.15) is 64.5 Å². The Hall–Kier alpha value is -2.88. The Bertz CT molecular complexity index is 951. The molecule has 0 aromatic heterocycles. The number of benzene rings is 1. The lowest BCUT2D eigenvalue weighted by Gasteiger charge is -2.24. The molecule has 1 aromatic rings. The number of carbonyl (C=O) groups is 1. The summed E-state index contributed by atoms with van der Waals surface area (Å²) in [5.74, 6) is -0.528. The topological polar surface area (TPSA) is 29.5 Å². The van der Waals surface area contributed by atoms with E-state index in [0.29, 0.717) is 6.54 Å². The number of alkyl halides is 1. The average molecular weight is 466 g/mol. The Morgan fingerprint density at radius 3 is 2.32 bits per heavy atom. The van der Waals surface area contributed by atoms with Crippen molar-refractivity contribution < 1.29 is 13.9 Å². The zero-order valence-corrected chi connectivity index (χ0v) is 21.4. The molecule has 0 radical (unpaired) electrons. The molecule has 184 valence electrons. The first-order valence-electron chi connectivity index (χ1n) is 12.4. The van der Waals surface area contributed by atoms with Gasteiger partial charge in [-0.15, -0.1) is 0 Å². The number of allylic oxidation sites excluding steroid dienone is 7. The summed E-state index contributed by atoms with van der Waals surface area (Å²) < 4.78 is 18.8. The predicted molar refractivity (Wildman–Crippen MR) is 140 cm³/mol. The number of rotatable bonds is 12. The number of likely N-dealkylation sites (N-methyl/N-ethyl adjacent to an activating group) is 1. The third-order valence-corrected chi connectivity index (χ3v) is 6.04. The fourth-order valence-corrected chi connectivity index (χ4v) is 3.78. The van der Waals surface area contributed by atoms with Gasteiger partial charge in [-0.25, -0.2) is 9.18 Å². The van der Waals surface area contributed by atoms with Crippen LogP contribution in [0.2, 0.25) is 0 Å². The summed E-state index contributed by atoms with van der Waals surface area (Å²) >= 11 is 0. The molecule has 0 bridgehead atoms. The first-order chi connectivity index (χ1) is 16.4. The lowest BCUT2D eigenvalue weighted by Crippen LogP contribution is -2.22. The summed E-state index contributed by atoms with van der Waals surface area (Å²) in [7, 11) is 1.31. The van der Waals surface area contributed by atoms with E-state index in [1.54, 1.807) is 12.2 Å². The van der Waals surface area contributed by atoms with Gasteiger partial charge in [-0.3, -0.25) is 0 Å². The summed E-state index contributed by atoms with van der Waals surface area (Å²) in [6.45, 7) is 10.1. The zero-order valence-electron chi connectivity index (χ0n) is 21.4. The minimum atomic E-state index is -1.31. The normalized spacial score (nSPS) is 16.6. The van der Waals surface area contributed by atoms with Crippen LogP contribution < -0.4 is 0 Å². The van der Waals surface area contributed by atoms with Crippen LogP contribution in [0.4, 0.5) is 4.39 Å². The van der Waals surface area contributed by atoms with Crippen molar-refractivity contribution in [3.63, 3.8) is 0 Å². The lowest BCUT2D eigenvalue weighted by atomic mass is 10.0.